The Hall–Kier alpha value is -2.19. The highest BCUT2D eigenvalue weighted by molar-refractivity contribution is 5.69. The third-order valence-electron chi connectivity index (χ3n) is 3.88. The average Bonchev–Trinajstić information content (AvgIpc) is 3.01. The average molecular weight is 304 g/mol. The van der Waals surface area contributed by atoms with E-state index in [0.717, 1.165) is 0 Å². The molecule has 1 fully saturated rings. The van der Waals surface area contributed by atoms with E-state index in [9.17, 15) is 5.11 Å². The predicted molar refractivity (Wildman–Crippen MR) is 81.8 cm³/mol. The molecule has 8 nitrogen and oxygen atoms in total. The van der Waals surface area contributed by atoms with Crippen LogP contribution in [0.1, 0.15) is 12.8 Å². The molecule has 0 radical (unpaired) electrons. The Balaban J connectivity index is 1.83. The summed E-state index contributed by atoms with van der Waals surface area (Å²) in [6, 6.07) is 1.80. The van der Waals surface area contributed by atoms with Crippen LogP contribution in [0.3, 0.4) is 0 Å². The Morgan fingerprint density at radius 2 is 2.18 bits per heavy atom. The van der Waals surface area contributed by atoms with Crippen LogP contribution < -0.4 is 10.6 Å². The first kappa shape index (κ1) is 14.7. The van der Waals surface area contributed by atoms with Crippen molar-refractivity contribution in [2.24, 2.45) is 0 Å². The van der Waals surface area contributed by atoms with Gasteiger partial charge in [-0.05, 0) is 6.07 Å². The summed E-state index contributed by atoms with van der Waals surface area (Å²) in [6.45, 7) is 1.58. The molecule has 8 heteroatoms. The monoisotopic (exact) mass is 304 g/mol. The highest BCUT2D eigenvalue weighted by Gasteiger charge is 2.32. The molecule has 3 N–H and O–H groups in total. The standard InChI is InChI=1S/C14H20N6O2/c1-19(9-14(21)3-7-22-8-4-14)12-11(15)13(17-10-16-12)20-6-2-5-18-20/h2,5-6,10,21H,3-4,7-9,15H2,1H3. The van der Waals surface area contributed by atoms with E-state index in [1.54, 1.807) is 23.1 Å². The molecule has 3 heterocycles. The molecular formula is C14H20N6O2. The largest absolute Gasteiger partial charge is 0.393 e. The van der Waals surface area contributed by atoms with E-state index in [0.29, 0.717) is 49.9 Å². The number of rotatable bonds is 4. The van der Waals surface area contributed by atoms with Crippen molar-refractivity contribution in [2.75, 3.05) is 37.4 Å². The quantitative estimate of drug-likeness (QED) is 0.833. The van der Waals surface area contributed by atoms with Crippen molar-refractivity contribution in [2.45, 2.75) is 18.4 Å². The highest BCUT2D eigenvalue weighted by atomic mass is 16.5. The zero-order chi connectivity index (χ0) is 15.6. The summed E-state index contributed by atoms with van der Waals surface area (Å²) in [5, 5.41) is 14.8. The van der Waals surface area contributed by atoms with Crippen LogP contribution in [0, 0.1) is 0 Å². The number of aromatic nitrogens is 4. The van der Waals surface area contributed by atoms with Crippen molar-refractivity contribution < 1.29 is 9.84 Å². The minimum Gasteiger partial charge on any atom is -0.393 e. The smallest absolute Gasteiger partial charge is 0.181 e. The van der Waals surface area contributed by atoms with Crippen LogP contribution in [0.4, 0.5) is 11.5 Å². The first-order valence-electron chi connectivity index (χ1n) is 7.21. The Kier molecular flexibility index (Phi) is 3.95. The molecule has 0 aliphatic carbocycles. The summed E-state index contributed by atoms with van der Waals surface area (Å²) in [5.74, 6) is 1.11. The summed E-state index contributed by atoms with van der Waals surface area (Å²) < 4.78 is 6.90. The van der Waals surface area contributed by atoms with Gasteiger partial charge in [0.15, 0.2) is 11.6 Å². The van der Waals surface area contributed by atoms with E-state index in [2.05, 4.69) is 15.1 Å². The van der Waals surface area contributed by atoms with Crippen molar-refractivity contribution in [3.63, 3.8) is 0 Å². The predicted octanol–water partition coefficient (Wildman–Crippen LogP) is 0.222. The van der Waals surface area contributed by atoms with Crippen LogP contribution in [-0.2, 0) is 4.74 Å². The van der Waals surface area contributed by atoms with E-state index in [1.807, 2.05) is 11.9 Å². The van der Waals surface area contributed by atoms with Gasteiger partial charge in [-0.15, -0.1) is 0 Å². The van der Waals surface area contributed by atoms with Crippen molar-refractivity contribution in [3.8, 4) is 5.82 Å². The molecule has 0 aromatic carbocycles. The van der Waals surface area contributed by atoms with Crippen LogP contribution in [0.25, 0.3) is 5.82 Å². The van der Waals surface area contributed by atoms with E-state index in [4.69, 9.17) is 10.5 Å². The van der Waals surface area contributed by atoms with Crippen LogP contribution in [0.15, 0.2) is 24.8 Å². The first-order chi connectivity index (χ1) is 10.6. The fraction of sp³-hybridized carbons (Fsp3) is 0.500. The third kappa shape index (κ3) is 2.88. The number of hydrogen-bond acceptors (Lipinski definition) is 7. The van der Waals surface area contributed by atoms with Gasteiger partial charge in [0.25, 0.3) is 0 Å². The van der Waals surface area contributed by atoms with Crippen molar-refractivity contribution in [1.82, 2.24) is 19.7 Å². The summed E-state index contributed by atoms with van der Waals surface area (Å²) in [6.07, 6.45) is 6.10. The van der Waals surface area contributed by atoms with Gasteiger partial charge in [0.05, 0.1) is 5.60 Å². The second-order valence-electron chi connectivity index (χ2n) is 5.58. The molecule has 0 atom stereocenters. The zero-order valence-corrected chi connectivity index (χ0v) is 12.5. The number of likely N-dealkylation sites (N-methyl/N-ethyl adjacent to an activating group) is 1. The third-order valence-corrected chi connectivity index (χ3v) is 3.88. The summed E-state index contributed by atoms with van der Waals surface area (Å²) in [5.41, 5.74) is 5.84. The van der Waals surface area contributed by atoms with Gasteiger partial charge < -0.3 is 20.5 Å². The maximum atomic E-state index is 10.6. The van der Waals surface area contributed by atoms with Crippen molar-refractivity contribution in [1.29, 1.82) is 0 Å². The first-order valence-corrected chi connectivity index (χ1v) is 7.21. The Morgan fingerprint density at radius 1 is 1.41 bits per heavy atom. The van der Waals surface area contributed by atoms with Crippen molar-refractivity contribution in [3.05, 3.63) is 24.8 Å². The molecule has 2 aromatic heterocycles. The van der Waals surface area contributed by atoms with Crippen LogP contribution >= 0.6 is 0 Å². The second kappa shape index (κ2) is 5.90. The molecule has 1 aliphatic heterocycles. The van der Waals surface area contributed by atoms with E-state index in [1.165, 1.54) is 6.33 Å². The van der Waals surface area contributed by atoms with Gasteiger partial charge in [0.2, 0.25) is 0 Å². The number of nitrogen functional groups attached to an aromatic ring is 1. The summed E-state index contributed by atoms with van der Waals surface area (Å²) >= 11 is 0. The number of anilines is 2. The lowest BCUT2D eigenvalue weighted by molar-refractivity contribution is -0.0573. The van der Waals surface area contributed by atoms with E-state index < -0.39 is 5.60 Å². The molecule has 1 saturated heterocycles. The van der Waals surface area contributed by atoms with E-state index in [-0.39, 0.29) is 0 Å². The molecule has 0 bridgehead atoms. The molecule has 0 unspecified atom stereocenters. The van der Waals surface area contributed by atoms with Crippen LogP contribution in [0.2, 0.25) is 0 Å². The van der Waals surface area contributed by atoms with Crippen LogP contribution in [-0.4, -0.2) is 57.3 Å². The molecule has 118 valence electrons. The zero-order valence-electron chi connectivity index (χ0n) is 12.5. The lowest BCUT2D eigenvalue weighted by atomic mass is 9.94. The molecule has 0 spiro atoms. The molecule has 3 rings (SSSR count). The van der Waals surface area contributed by atoms with E-state index >= 15 is 0 Å². The maximum Gasteiger partial charge on any atom is 0.181 e. The topological polar surface area (TPSA) is 102 Å². The second-order valence-corrected chi connectivity index (χ2v) is 5.58. The van der Waals surface area contributed by atoms with Gasteiger partial charge in [0.1, 0.15) is 12.0 Å². The Morgan fingerprint density at radius 3 is 2.86 bits per heavy atom. The molecule has 22 heavy (non-hydrogen) atoms. The number of hydrogen-bond donors (Lipinski definition) is 2. The van der Waals surface area contributed by atoms with Gasteiger partial charge in [-0.25, -0.2) is 14.6 Å². The molecule has 1 aliphatic rings. The SMILES string of the molecule is CN(CC1(O)CCOCC1)c1ncnc(-n2cccn2)c1N. The van der Waals surface area contributed by atoms with Gasteiger partial charge in [-0.1, -0.05) is 0 Å². The van der Waals surface area contributed by atoms with Gasteiger partial charge in [-0.3, -0.25) is 0 Å². The number of aliphatic hydroxyl groups is 1. The number of ether oxygens (including phenoxy) is 1. The molecule has 2 aromatic rings. The Bertz CT molecular complexity index is 624. The summed E-state index contributed by atoms with van der Waals surface area (Å²) in [4.78, 5) is 10.3. The fourth-order valence-corrected chi connectivity index (χ4v) is 2.68. The highest BCUT2D eigenvalue weighted by Crippen LogP contribution is 2.27. The number of nitrogens with two attached hydrogens (primary N) is 1. The fourth-order valence-electron chi connectivity index (χ4n) is 2.68. The normalized spacial score (nSPS) is 17.4. The molecular weight excluding hydrogens is 284 g/mol. The minimum absolute atomic E-state index is 0.435. The Labute approximate surface area is 128 Å². The van der Waals surface area contributed by atoms with Gasteiger partial charge >= 0.3 is 0 Å². The maximum absolute atomic E-state index is 10.6. The van der Waals surface area contributed by atoms with Crippen molar-refractivity contribution >= 4 is 11.5 Å². The molecule has 0 saturated carbocycles. The lowest BCUT2D eigenvalue weighted by Crippen LogP contribution is -2.46. The summed E-state index contributed by atoms with van der Waals surface area (Å²) in [7, 11) is 1.86. The minimum atomic E-state index is -0.781. The number of nitrogens with zero attached hydrogens (tertiary/aromatic N) is 5. The van der Waals surface area contributed by atoms with Gasteiger partial charge in [-0.2, -0.15) is 5.10 Å². The molecule has 0 amide bonds. The van der Waals surface area contributed by atoms with Gasteiger partial charge in [0, 0.05) is 52.0 Å². The van der Waals surface area contributed by atoms with Crippen LogP contribution in [0.5, 0.6) is 0 Å². The lowest BCUT2D eigenvalue weighted by Gasteiger charge is -2.36.